The minimum Gasteiger partial charge on any atom is -0.394 e. The number of amides is 1. The molecule has 0 unspecified atom stereocenters. The number of anilines is 1. The second kappa shape index (κ2) is 9.15. The van der Waals surface area contributed by atoms with Crippen molar-refractivity contribution in [2.75, 3.05) is 45.3 Å². The van der Waals surface area contributed by atoms with E-state index in [-0.39, 0.29) is 19.1 Å². The van der Waals surface area contributed by atoms with Crippen LogP contribution in [0, 0.1) is 0 Å². The first-order valence-corrected chi connectivity index (χ1v) is 6.90. The number of carbonyl (C=O) groups excluding carboxylic acids is 1. The van der Waals surface area contributed by atoms with Crippen LogP contribution in [-0.4, -0.2) is 55.9 Å². The molecule has 0 saturated heterocycles. The van der Waals surface area contributed by atoms with E-state index in [4.69, 9.17) is 33.0 Å². The van der Waals surface area contributed by atoms with E-state index >= 15 is 0 Å². The predicted molar refractivity (Wildman–Crippen MR) is 80.5 cm³/mol. The number of hydrogen-bond acceptors (Lipinski definition) is 4. The maximum absolute atomic E-state index is 11.8. The summed E-state index contributed by atoms with van der Waals surface area (Å²) in [4.78, 5) is 13.6. The van der Waals surface area contributed by atoms with E-state index in [1.165, 1.54) is 0 Å². The Bertz CT molecular complexity index is 444. The van der Waals surface area contributed by atoms with Gasteiger partial charge in [0.25, 0.3) is 0 Å². The van der Waals surface area contributed by atoms with Gasteiger partial charge in [0.05, 0.1) is 36.4 Å². The number of benzene rings is 1. The fourth-order valence-corrected chi connectivity index (χ4v) is 1.78. The van der Waals surface area contributed by atoms with Crippen molar-refractivity contribution >= 4 is 34.8 Å². The topological polar surface area (TPSA) is 61.8 Å². The summed E-state index contributed by atoms with van der Waals surface area (Å²) in [6.45, 7) is 1.62. The zero-order valence-electron chi connectivity index (χ0n) is 11.2. The van der Waals surface area contributed by atoms with E-state index in [1.807, 2.05) is 11.9 Å². The van der Waals surface area contributed by atoms with Crippen LogP contribution in [0.5, 0.6) is 0 Å². The molecule has 1 rings (SSSR count). The van der Waals surface area contributed by atoms with Gasteiger partial charge < -0.3 is 15.2 Å². The van der Waals surface area contributed by atoms with Gasteiger partial charge in [-0.25, -0.2) is 0 Å². The van der Waals surface area contributed by atoms with Crippen molar-refractivity contribution in [1.29, 1.82) is 0 Å². The van der Waals surface area contributed by atoms with Crippen LogP contribution in [0.1, 0.15) is 0 Å². The number of ether oxygens (including phenoxy) is 1. The first-order chi connectivity index (χ1) is 9.52. The maximum Gasteiger partial charge on any atom is 0.238 e. The number of rotatable bonds is 8. The smallest absolute Gasteiger partial charge is 0.238 e. The van der Waals surface area contributed by atoms with Gasteiger partial charge in [-0.3, -0.25) is 9.69 Å². The van der Waals surface area contributed by atoms with Gasteiger partial charge in [0.1, 0.15) is 0 Å². The second-order valence-electron chi connectivity index (χ2n) is 4.25. The van der Waals surface area contributed by atoms with Crippen LogP contribution in [-0.2, 0) is 9.53 Å². The molecule has 20 heavy (non-hydrogen) atoms. The molecule has 0 aromatic heterocycles. The van der Waals surface area contributed by atoms with Crippen molar-refractivity contribution in [3.63, 3.8) is 0 Å². The Labute approximate surface area is 128 Å². The van der Waals surface area contributed by atoms with Gasteiger partial charge in [-0.1, -0.05) is 23.2 Å². The van der Waals surface area contributed by atoms with Gasteiger partial charge in [-0.05, 0) is 25.2 Å². The average molecular weight is 321 g/mol. The maximum atomic E-state index is 11.8. The van der Waals surface area contributed by atoms with Crippen molar-refractivity contribution in [3.05, 3.63) is 28.2 Å². The first kappa shape index (κ1) is 17.2. The number of aliphatic hydroxyl groups excluding tert-OH is 1. The van der Waals surface area contributed by atoms with Crippen molar-refractivity contribution in [2.24, 2.45) is 0 Å². The zero-order valence-corrected chi connectivity index (χ0v) is 12.7. The highest BCUT2D eigenvalue weighted by atomic mass is 35.5. The summed E-state index contributed by atoms with van der Waals surface area (Å²) >= 11 is 11.7. The Hall–Kier alpha value is -0.850. The van der Waals surface area contributed by atoms with E-state index in [2.05, 4.69) is 5.32 Å². The fraction of sp³-hybridized carbons (Fsp3) is 0.462. The average Bonchev–Trinajstić information content (AvgIpc) is 2.39. The number of carbonyl (C=O) groups is 1. The molecule has 1 amide bonds. The molecule has 7 heteroatoms. The van der Waals surface area contributed by atoms with Crippen LogP contribution in [0.15, 0.2) is 18.2 Å². The van der Waals surface area contributed by atoms with Crippen molar-refractivity contribution < 1.29 is 14.6 Å². The zero-order chi connectivity index (χ0) is 15.0. The largest absolute Gasteiger partial charge is 0.394 e. The minimum atomic E-state index is -0.145. The fourth-order valence-electron chi connectivity index (χ4n) is 1.49. The van der Waals surface area contributed by atoms with E-state index in [0.717, 1.165) is 0 Å². The van der Waals surface area contributed by atoms with Gasteiger partial charge in [0.15, 0.2) is 0 Å². The second-order valence-corrected chi connectivity index (χ2v) is 5.07. The molecule has 0 spiro atoms. The van der Waals surface area contributed by atoms with E-state index in [0.29, 0.717) is 35.5 Å². The van der Waals surface area contributed by atoms with Crippen LogP contribution in [0.4, 0.5) is 5.69 Å². The SMILES string of the molecule is CN(CCOCCO)CC(=O)Nc1ccc(Cl)c(Cl)c1. The number of nitrogens with zero attached hydrogens (tertiary/aromatic N) is 1. The quantitative estimate of drug-likeness (QED) is 0.718. The van der Waals surface area contributed by atoms with Gasteiger partial charge in [0, 0.05) is 12.2 Å². The molecule has 5 nitrogen and oxygen atoms in total. The highest BCUT2D eigenvalue weighted by Gasteiger charge is 2.08. The Morgan fingerprint density at radius 1 is 1.35 bits per heavy atom. The van der Waals surface area contributed by atoms with Gasteiger partial charge in [-0.2, -0.15) is 0 Å². The lowest BCUT2D eigenvalue weighted by Crippen LogP contribution is -2.32. The molecule has 0 aliphatic rings. The standard InChI is InChI=1S/C13H18Cl2N2O3/c1-17(4-6-20-7-5-18)9-13(19)16-10-2-3-11(14)12(15)8-10/h2-3,8,18H,4-7,9H2,1H3,(H,16,19). The lowest BCUT2D eigenvalue weighted by Gasteiger charge is -2.16. The van der Waals surface area contributed by atoms with Crippen LogP contribution < -0.4 is 5.32 Å². The minimum absolute atomic E-state index is 0.00151. The van der Waals surface area contributed by atoms with E-state index in [9.17, 15) is 4.79 Å². The lowest BCUT2D eigenvalue weighted by atomic mass is 10.3. The summed E-state index contributed by atoms with van der Waals surface area (Å²) < 4.78 is 5.13. The molecule has 0 aliphatic carbocycles. The molecule has 0 saturated carbocycles. The van der Waals surface area contributed by atoms with Crippen molar-refractivity contribution in [1.82, 2.24) is 4.90 Å². The summed E-state index contributed by atoms with van der Waals surface area (Å²) in [6, 6.07) is 4.93. The Morgan fingerprint density at radius 2 is 2.10 bits per heavy atom. The van der Waals surface area contributed by atoms with Crippen LogP contribution >= 0.6 is 23.2 Å². The summed E-state index contributed by atoms with van der Waals surface area (Å²) in [6.07, 6.45) is 0. The van der Waals surface area contributed by atoms with Crippen LogP contribution in [0.25, 0.3) is 0 Å². The molecule has 0 heterocycles. The van der Waals surface area contributed by atoms with Crippen molar-refractivity contribution in [2.45, 2.75) is 0 Å². The third kappa shape index (κ3) is 6.54. The molecule has 0 atom stereocenters. The van der Waals surface area contributed by atoms with Crippen LogP contribution in [0.2, 0.25) is 10.0 Å². The third-order valence-electron chi connectivity index (χ3n) is 2.47. The molecule has 0 bridgehead atoms. The Kier molecular flexibility index (Phi) is 7.87. The molecular formula is C13H18Cl2N2O3. The van der Waals surface area contributed by atoms with Crippen LogP contribution in [0.3, 0.4) is 0 Å². The molecular weight excluding hydrogens is 303 g/mol. The molecule has 0 radical (unpaired) electrons. The lowest BCUT2D eigenvalue weighted by molar-refractivity contribution is -0.117. The third-order valence-corrected chi connectivity index (χ3v) is 3.21. The van der Waals surface area contributed by atoms with Gasteiger partial charge in [-0.15, -0.1) is 0 Å². The number of halogens is 2. The monoisotopic (exact) mass is 320 g/mol. The molecule has 2 N–H and O–H groups in total. The van der Waals surface area contributed by atoms with E-state index < -0.39 is 0 Å². The highest BCUT2D eigenvalue weighted by molar-refractivity contribution is 6.42. The molecule has 112 valence electrons. The number of aliphatic hydroxyl groups is 1. The van der Waals surface area contributed by atoms with Crippen molar-refractivity contribution in [3.8, 4) is 0 Å². The predicted octanol–water partition coefficient (Wildman–Crippen LogP) is 1.87. The Balaban J connectivity index is 2.33. The number of likely N-dealkylation sites (N-methyl/N-ethyl adjacent to an activating group) is 1. The summed E-state index contributed by atoms with van der Waals surface area (Å²) in [5.74, 6) is -0.145. The molecule has 0 aliphatic heterocycles. The molecule has 0 fully saturated rings. The van der Waals surface area contributed by atoms with Gasteiger partial charge >= 0.3 is 0 Å². The molecule has 1 aromatic carbocycles. The Morgan fingerprint density at radius 3 is 2.75 bits per heavy atom. The highest BCUT2D eigenvalue weighted by Crippen LogP contribution is 2.24. The number of nitrogens with one attached hydrogen (secondary N) is 1. The molecule has 1 aromatic rings. The summed E-state index contributed by atoms with van der Waals surface area (Å²) in [5, 5.41) is 12.1. The normalized spacial score (nSPS) is 10.8. The first-order valence-electron chi connectivity index (χ1n) is 6.15. The van der Waals surface area contributed by atoms with E-state index in [1.54, 1.807) is 18.2 Å². The van der Waals surface area contributed by atoms with Gasteiger partial charge in [0.2, 0.25) is 5.91 Å². The summed E-state index contributed by atoms with van der Waals surface area (Å²) in [5.41, 5.74) is 0.606. The summed E-state index contributed by atoms with van der Waals surface area (Å²) in [7, 11) is 1.82. The number of hydrogen-bond donors (Lipinski definition) is 2.